The molecule has 0 bridgehead atoms. The Morgan fingerprint density at radius 1 is 1.31 bits per heavy atom. The van der Waals surface area contributed by atoms with E-state index in [-0.39, 0.29) is 15.7 Å². The molecule has 0 saturated heterocycles. The molecule has 70 valence electrons. The van der Waals surface area contributed by atoms with Crippen molar-refractivity contribution in [2.24, 2.45) is 0 Å². The van der Waals surface area contributed by atoms with Gasteiger partial charge in [-0.25, -0.2) is 0 Å². The molecule has 0 aliphatic rings. The quantitative estimate of drug-likeness (QED) is 0.536. The molecule has 3 nitrogen and oxygen atoms in total. The zero-order chi connectivity index (χ0) is 10.2. The van der Waals surface area contributed by atoms with Crippen LogP contribution < -0.4 is 0 Å². The second kappa shape index (κ2) is 3.52. The van der Waals surface area contributed by atoms with Crippen LogP contribution in [0.1, 0.15) is 11.1 Å². The van der Waals surface area contributed by atoms with Crippen LogP contribution in [0.3, 0.4) is 0 Å². The molecule has 0 radical (unpaired) electrons. The van der Waals surface area contributed by atoms with Gasteiger partial charge in [0.2, 0.25) is 0 Å². The smallest absolute Gasteiger partial charge is 0.258 e. The summed E-state index contributed by atoms with van der Waals surface area (Å²) in [5.74, 6) is 0. The Hall–Kier alpha value is -0.800. The fourth-order valence-corrected chi connectivity index (χ4v) is 1.47. The molecular formula is C8H7Cl2NO2. The Balaban J connectivity index is 3.50. The second-order valence-electron chi connectivity index (χ2n) is 2.72. The van der Waals surface area contributed by atoms with E-state index in [0.717, 1.165) is 11.1 Å². The number of rotatable bonds is 1. The summed E-state index contributed by atoms with van der Waals surface area (Å²) in [7, 11) is 0. The van der Waals surface area contributed by atoms with E-state index in [1.807, 2.05) is 0 Å². The van der Waals surface area contributed by atoms with Crippen molar-refractivity contribution >= 4 is 28.9 Å². The normalized spacial score (nSPS) is 10.2. The van der Waals surface area contributed by atoms with Crippen LogP contribution in [0.2, 0.25) is 10.0 Å². The minimum atomic E-state index is -0.541. The van der Waals surface area contributed by atoms with Crippen LogP contribution in [0.4, 0.5) is 5.69 Å². The van der Waals surface area contributed by atoms with E-state index in [1.54, 1.807) is 13.8 Å². The summed E-state index contributed by atoms with van der Waals surface area (Å²) in [6.45, 7) is 3.53. The van der Waals surface area contributed by atoms with Gasteiger partial charge in [-0.3, -0.25) is 10.1 Å². The third kappa shape index (κ3) is 1.76. The highest BCUT2D eigenvalue weighted by Crippen LogP contribution is 2.35. The van der Waals surface area contributed by atoms with Crippen molar-refractivity contribution in [1.82, 2.24) is 0 Å². The van der Waals surface area contributed by atoms with Crippen LogP contribution >= 0.6 is 23.2 Å². The van der Waals surface area contributed by atoms with Crippen molar-refractivity contribution < 1.29 is 4.92 Å². The molecule has 0 saturated carbocycles. The maximum absolute atomic E-state index is 10.5. The Labute approximate surface area is 85.4 Å². The van der Waals surface area contributed by atoms with E-state index in [4.69, 9.17) is 23.2 Å². The summed E-state index contributed by atoms with van der Waals surface area (Å²) in [5.41, 5.74) is 1.40. The van der Waals surface area contributed by atoms with Gasteiger partial charge in [-0.15, -0.1) is 0 Å². The summed E-state index contributed by atoms with van der Waals surface area (Å²) in [6.07, 6.45) is 0. The molecule has 0 aromatic heterocycles. The highest BCUT2D eigenvalue weighted by molar-refractivity contribution is 6.43. The molecule has 0 atom stereocenters. The lowest BCUT2D eigenvalue weighted by Gasteiger charge is -2.04. The monoisotopic (exact) mass is 219 g/mol. The molecule has 0 aliphatic heterocycles. The maximum Gasteiger partial charge on any atom is 0.289 e. The van der Waals surface area contributed by atoms with Gasteiger partial charge >= 0.3 is 0 Å². The highest BCUT2D eigenvalue weighted by atomic mass is 35.5. The van der Waals surface area contributed by atoms with Gasteiger partial charge in [-0.05, 0) is 25.0 Å². The van der Waals surface area contributed by atoms with Crippen molar-refractivity contribution in [3.05, 3.63) is 37.4 Å². The molecule has 1 aromatic rings. The first kappa shape index (κ1) is 10.3. The van der Waals surface area contributed by atoms with Gasteiger partial charge in [-0.2, -0.15) is 0 Å². The third-order valence-corrected chi connectivity index (χ3v) is 2.84. The summed E-state index contributed by atoms with van der Waals surface area (Å²) in [4.78, 5) is 9.96. The van der Waals surface area contributed by atoms with Gasteiger partial charge in [-0.1, -0.05) is 23.2 Å². The molecule has 1 aromatic carbocycles. The molecule has 0 N–H and O–H groups in total. The molecule has 0 aliphatic carbocycles. The fraction of sp³-hybridized carbons (Fsp3) is 0.250. The predicted octanol–water partition coefficient (Wildman–Crippen LogP) is 3.52. The Morgan fingerprint density at radius 3 is 2.31 bits per heavy atom. The fourth-order valence-electron chi connectivity index (χ4n) is 0.960. The number of nitrogens with zero attached hydrogens (tertiary/aromatic N) is 1. The van der Waals surface area contributed by atoms with Gasteiger partial charge in [0.05, 0.1) is 9.95 Å². The summed E-state index contributed by atoms with van der Waals surface area (Å²) < 4.78 is 0. The van der Waals surface area contributed by atoms with Gasteiger partial charge < -0.3 is 0 Å². The average molecular weight is 220 g/mol. The first-order chi connectivity index (χ1) is 5.95. The number of benzene rings is 1. The van der Waals surface area contributed by atoms with E-state index in [9.17, 15) is 10.1 Å². The van der Waals surface area contributed by atoms with Crippen LogP contribution in [0.25, 0.3) is 0 Å². The molecule has 0 unspecified atom stereocenters. The number of hydrogen-bond acceptors (Lipinski definition) is 2. The standard InChI is InChI=1S/C8H7Cl2NO2/c1-4-3-6(11(12)13)8(10)7(9)5(4)2/h3H,1-2H3. The van der Waals surface area contributed by atoms with Gasteiger partial charge in [0, 0.05) is 6.07 Å². The maximum atomic E-state index is 10.5. The predicted molar refractivity (Wildman–Crippen MR) is 52.6 cm³/mol. The highest BCUT2D eigenvalue weighted by Gasteiger charge is 2.18. The lowest BCUT2D eigenvalue weighted by atomic mass is 10.1. The summed E-state index contributed by atoms with van der Waals surface area (Å²) >= 11 is 11.5. The average Bonchev–Trinajstić information content (AvgIpc) is 2.07. The lowest BCUT2D eigenvalue weighted by molar-refractivity contribution is -0.384. The van der Waals surface area contributed by atoms with Crippen molar-refractivity contribution in [3.8, 4) is 0 Å². The van der Waals surface area contributed by atoms with E-state index >= 15 is 0 Å². The Bertz CT molecular complexity index is 377. The number of nitro groups is 1. The van der Waals surface area contributed by atoms with Crippen molar-refractivity contribution in [1.29, 1.82) is 0 Å². The number of halogens is 2. The summed E-state index contributed by atoms with van der Waals surface area (Å²) in [6, 6.07) is 1.42. The number of aryl methyl sites for hydroxylation is 1. The minimum absolute atomic E-state index is 0.00904. The Morgan fingerprint density at radius 2 is 1.85 bits per heavy atom. The van der Waals surface area contributed by atoms with E-state index < -0.39 is 4.92 Å². The SMILES string of the molecule is Cc1cc([N+](=O)[O-])c(Cl)c(Cl)c1C. The van der Waals surface area contributed by atoms with Gasteiger partial charge in [0.15, 0.2) is 0 Å². The van der Waals surface area contributed by atoms with Crippen LogP contribution in [-0.4, -0.2) is 4.92 Å². The van der Waals surface area contributed by atoms with E-state index in [2.05, 4.69) is 0 Å². The van der Waals surface area contributed by atoms with Crippen molar-refractivity contribution in [2.75, 3.05) is 0 Å². The van der Waals surface area contributed by atoms with E-state index in [0.29, 0.717) is 0 Å². The topological polar surface area (TPSA) is 43.1 Å². The molecule has 5 heteroatoms. The van der Waals surface area contributed by atoms with Crippen LogP contribution in [0.15, 0.2) is 6.07 Å². The molecule has 0 amide bonds. The molecule has 0 heterocycles. The molecular weight excluding hydrogens is 213 g/mol. The van der Waals surface area contributed by atoms with Crippen molar-refractivity contribution in [2.45, 2.75) is 13.8 Å². The molecule has 13 heavy (non-hydrogen) atoms. The number of nitro benzene ring substituents is 1. The van der Waals surface area contributed by atoms with Gasteiger partial charge in [0.1, 0.15) is 5.02 Å². The molecule has 0 spiro atoms. The van der Waals surface area contributed by atoms with Gasteiger partial charge in [0.25, 0.3) is 5.69 Å². The first-order valence-electron chi connectivity index (χ1n) is 3.54. The second-order valence-corrected chi connectivity index (χ2v) is 3.48. The number of hydrogen-bond donors (Lipinski definition) is 0. The van der Waals surface area contributed by atoms with Crippen LogP contribution in [0, 0.1) is 24.0 Å². The van der Waals surface area contributed by atoms with Crippen LogP contribution in [-0.2, 0) is 0 Å². The largest absolute Gasteiger partial charge is 0.289 e. The molecule has 1 rings (SSSR count). The summed E-state index contributed by atoms with van der Waals surface area (Å²) in [5, 5.41) is 10.8. The van der Waals surface area contributed by atoms with Crippen LogP contribution in [0.5, 0.6) is 0 Å². The zero-order valence-corrected chi connectivity index (χ0v) is 8.61. The Kier molecular flexibility index (Phi) is 2.78. The van der Waals surface area contributed by atoms with Crippen molar-refractivity contribution in [3.63, 3.8) is 0 Å². The molecule has 0 fully saturated rings. The minimum Gasteiger partial charge on any atom is -0.258 e. The van der Waals surface area contributed by atoms with E-state index in [1.165, 1.54) is 6.07 Å². The lowest BCUT2D eigenvalue weighted by Crippen LogP contribution is -1.93. The third-order valence-electron chi connectivity index (χ3n) is 1.89. The zero-order valence-electron chi connectivity index (χ0n) is 7.10. The first-order valence-corrected chi connectivity index (χ1v) is 4.30.